The SMILES string of the molecule is CCCCCC[n+]1ccncc1. The van der Waals surface area contributed by atoms with Gasteiger partial charge in [0.05, 0.1) is 12.4 Å². The highest BCUT2D eigenvalue weighted by atomic mass is 14.9. The minimum atomic E-state index is 1.13. The molecule has 0 amide bonds. The van der Waals surface area contributed by atoms with E-state index in [1.165, 1.54) is 25.7 Å². The lowest BCUT2D eigenvalue weighted by atomic mass is 10.2. The van der Waals surface area contributed by atoms with Crippen molar-refractivity contribution < 1.29 is 4.57 Å². The van der Waals surface area contributed by atoms with Crippen LogP contribution >= 0.6 is 0 Å². The van der Waals surface area contributed by atoms with E-state index in [0.29, 0.717) is 0 Å². The summed E-state index contributed by atoms with van der Waals surface area (Å²) in [6.07, 6.45) is 13.0. The Morgan fingerprint density at radius 3 is 2.50 bits per heavy atom. The molecule has 0 atom stereocenters. The average Bonchev–Trinajstić information content (AvgIpc) is 2.14. The zero-order valence-corrected chi connectivity index (χ0v) is 7.74. The molecule has 1 heterocycles. The van der Waals surface area contributed by atoms with Crippen LogP contribution in [0.2, 0.25) is 0 Å². The highest BCUT2D eigenvalue weighted by Crippen LogP contribution is 1.97. The third-order valence-corrected chi connectivity index (χ3v) is 1.96. The van der Waals surface area contributed by atoms with E-state index in [0.717, 1.165) is 6.54 Å². The summed E-state index contributed by atoms with van der Waals surface area (Å²) in [5, 5.41) is 0. The fourth-order valence-electron chi connectivity index (χ4n) is 1.22. The van der Waals surface area contributed by atoms with Crippen LogP contribution in [0, 0.1) is 0 Å². The van der Waals surface area contributed by atoms with Crippen molar-refractivity contribution in [2.45, 2.75) is 39.2 Å². The van der Waals surface area contributed by atoms with E-state index in [9.17, 15) is 0 Å². The van der Waals surface area contributed by atoms with Gasteiger partial charge in [-0.05, 0) is 6.42 Å². The van der Waals surface area contributed by atoms with Crippen molar-refractivity contribution in [3.8, 4) is 0 Å². The van der Waals surface area contributed by atoms with E-state index >= 15 is 0 Å². The third-order valence-electron chi connectivity index (χ3n) is 1.96. The topological polar surface area (TPSA) is 16.8 Å². The summed E-state index contributed by atoms with van der Waals surface area (Å²) >= 11 is 0. The Kier molecular flexibility index (Phi) is 4.35. The fraction of sp³-hybridized carbons (Fsp3) is 0.600. The van der Waals surface area contributed by atoms with Crippen LogP contribution in [0.25, 0.3) is 0 Å². The molecule has 2 heteroatoms. The van der Waals surface area contributed by atoms with Gasteiger partial charge in [-0.25, -0.2) is 4.57 Å². The number of nitrogens with zero attached hydrogens (tertiary/aromatic N) is 2. The summed E-state index contributed by atoms with van der Waals surface area (Å²) in [7, 11) is 0. The fourth-order valence-corrected chi connectivity index (χ4v) is 1.22. The van der Waals surface area contributed by atoms with Gasteiger partial charge in [0, 0.05) is 6.42 Å². The van der Waals surface area contributed by atoms with Crippen LogP contribution in [0.15, 0.2) is 24.8 Å². The Hall–Kier alpha value is -0.920. The first-order chi connectivity index (χ1) is 5.93. The normalized spacial score (nSPS) is 10.1. The number of hydrogen-bond acceptors (Lipinski definition) is 1. The van der Waals surface area contributed by atoms with Gasteiger partial charge >= 0.3 is 0 Å². The summed E-state index contributed by atoms with van der Waals surface area (Å²) < 4.78 is 2.18. The van der Waals surface area contributed by atoms with Crippen molar-refractivity contribution in [1.82, 2.24) is 4.98 Å². The second-order valence-corrected chi connectivity index (χ2v) is 3.04. The molecule has 0 aliphatic carbocycles. The number of unbranched alkanes of at least 4 members (excludes halogenated alkanes) is 3. The molecular weight excluding hydrogens is 148 g/mol. The van der Waals surface area contributed by atoms with Crippen LogP contribution in [-0.4, -0.2) is 4.98 Å². The molecule has 1 aromatic rings. The van der Waals surface area contributed by atoms with Crippen molar-refractivity contribution in [2.75, 3.05) is 0 Å². The van der Waals surface area contributed by atoms with Crippen molar-refractivity contribution >= 4 is 0 Å². The van der Waals surface area contributed by atoms with E-state index < -0.39 is 0 Å². The number of rotatable bonds is 5. The van der Waals surface area contributed by atoms with Gasteiger partial charge in [0.15, 0.2) is 12.4 Å². The first kappa shape index (κ1) is 9.17. The van der Waals surface area contributed by atoms with Crippen LogP contribution in [0.3, 0.4) is 0 Å². The van der Waals surface area contributed by atoms with E-state index in [1.807, 2.05) is 24.8 Å². The van der Waals surface area contributed by atoms with Crippen molar-refractivity contribution in [2.24, 2.45) is 0 Å². The Bertz CT molecular complexity index is 196. The Morgan fingerprint density at radius 2 is 1.83 bits per heavy atom. The van der Waals surface area contributed by atoms with E-state index in [1.54, 1.807) is 0 Å². The van der Waals surface area contributed by atoms with E-state index in [-0.39, 0.29) is 0 Å². The lowest BCUT2D eigenvalue weighted by Gasteiger charge is -1.95. The quantitative estimate of drug-likeness (QED) is 0.481. The van der Waals surface area contributed by atoms with Crippen molar-refractivity contribution in [3.63, 3.8) is 0 Å². The maximum atomic E-state index is 3.97. The monoisotopic (exact) mass is 165 g/mol. The first-order valence-electron chi connectivity index (χ1n) is 4.72. The van der Waals surface area contributed by atoms with Gasteiger partial charge in [0.25, 0.3) is 0 Å². The molecule has 0 N–H and O–H groups in total. The minimum absolute atomic E-state index is 1.13. The second kappa shape index (κ2) is 5.70. The van der Waals surface area contributed by atoms with E-state index in [2.05, 4.69) is 16.5 Å². The molecule has 66 valence electrons. The Morgan fingerprint density at radius 1 is 1.08 bits per heavy atom. The smallest absolute Gasteiger partial charge is 0.187 e. The molecule has 1 aromatic heterocycles. The van der Waals surface area contributed by atoms with Crippen molar-refractivity contribution in [3.05, 3.63) is 24.8 Å². The van der Waals surface area contributed by atoms with Gasteiger partial charge in [0.1, 0.15) is 6.54 Å². The van der Waals surface area contributed by atoms with Crippen LogP contribution < -0.4 is 4.57 Å². The second-order valence-electron chi connectivity index (χ2n) is 3.04. The Balaban J connectivity index is 2.16. The van der Waals surface area contributed by atoms with Gasteiger partial charge in [-0.3, -0.25) is 4.98 Å². The highest BCUT2D eigenvalue weighted by Gasteiger charge is 1.96. The van der Waals surface area contributed by atoms with Gasteiger partial charge < -0.3 is 0 Å². The molecule has 0 aliphatic rings. The highest BCUT2D eigenvalue weighted by molar-refractivity contribution is 4.62. The molecule has 0 radical (unpaired) electrons. The molecule has 0 unspecified atom stereocenters. The predicted octanol–water partition coefficient (Wildman–Crippen LogP) is 1.95. The maximum absolute atomic E-state index is 3.97. The van der Waals surface area contributed by atoms with Crippen LogP contribution in [0.4, 0.5) is 0 Å². The molecule has 0 fully saturated rings. The van der Waals surface area contributed by atoms with E-state index in [4.69, 9.17) is 0 Å². The molecule has 2 nitrogen and oxygen atoms in total. The third kappa shape index (κ3) is 3.46. The zero-order chi connectivity index (χ0) is 8.65. The molecule has 0 saturated carbocycles. The van der Waals surface area contributed by atoms with Crippen LogP contribution in [0.5, 0.6) is 0 Å². The molecule has 0 bridgehead atoms. The maximum Gasteiger partial charge on any atom is 0.187 e. The molecule has 12 heavy (non-hydrogen) atoms. The van der Waals surface area contributed by atoms with Gasteiger partial charge in [0.2, 0.25) is 0 Å². The minimum Gasteiger partial charge on any atom is -0.252 e. The number of aromatic nitrogens is 2. The van der Waals surface area contributed by atoms with Crippen LogP contribution in [0.1, 0.15) is 32.6 Å². The van der Waals surface area contributed by atoms with Crippen molar-refractivity contribution in [1.29, 1.82) is 0 Å². The number of hydrogen-bond donors (Lipinski definition) is 0. The lowest BCUT2D eigenvalue weighted by molar-refractivity contribution is -0.697. The summed E-state index contributed by atoms with van der Waals surface area (Å²) in [6, 6.07) is 0. The zero-order valence-electron chi connectivity index (χ0n) is 7.74. The molecule has 0 aliphatic heterocycles. The summed E-state index contributed by atoms with van der Waals surface area (Å²) in [5.41, 5.74) is 0. The largest absolute Gasteiger partial charge is 0.252 e. The number of aryl methyl sites for hydroxylation is 1. The average molecular weight is 165 g/mol. The molecule has 0 spiro atoms. The summed E-state index contributed by atoms with van der Waals surface area (Å²) in [6.45, 7) is 3.36. The standard InChI is InChI=1S/C10H17N2/c1-2-3-4-5-8-12-9-6-11-7-10-12/h6-7,9-10H,2-5,8H2,1H3/q+1. The van der Waals surface area contributed by atoms with Crippen LogP contribution in [-0.2, 0) is 6.54 Å². The molecule has 0 aromatic carbocycles. The van der Waals surface area contributed by atoms with Gasteiger partial charge in [-0.2, -0.15) is 0 Å². The Labute approximate surface area is 74.3 Å². The summed E-state index contributed by atoms with van der Waals surface area (Å²) in [4.78, 5) is 3.97. The molecular formula is C10H17N2+. The lowest BCUT2D eigenvalue weighted by Crippen LogP contribution is -2.32. The predicted molar refractivity (Wildman–Crippen MR) is 48.6 cm³/mol. The molecule has 0 saturated heterocycles. The molecule has 1 rings (SSSR count). The van der Waals surface area contributed by atoms with Gasteiger partial charge in [-0.1, -0.05) is 19.8 Å². The first-order valence-corrected chi connectivity index (χ1v) is 4.72. The van der Waals surface area contributed by atoms with Gasteiger partial charge in [-0.15, -0.1) is 0 Å². The summed E-state index contributed by atoms with van der Waals surface area (Å²) in [5.74, 6) is 0.